The Morgan fingerprint density at radius 3 is 2.72 bits per heavy atom. The molecule has 9 heteroatoms. The van der Waals surface area contributed by atoms with Gasteiger partial charge in [0.1, 0.15) is 17.8 Å². The Hall–Kier alpha value is -4.01. The van der Waals surface area contributed by atoms with E-state index in [2.05, 4.69) is 27.7 Å². The van der Waals surface area contributed by atoms with Crippen molar-refractivity contribution >= 4 is 17.8 Å². The molecule has 2 unspecified atom stereocenters. The van der Waals surface area contributed by atoms with Crippen LogP contribution in [0.1, 0.15) is 42.9 Å². The molecule has 2 aromatic carbocycles. The van der Waals surface area contributed by atoms with E-state index in [0.29, 0.717) is 25.3 Å². The summed E-state index contributed by atoms with van der Waals surface area (Å²) in [4.78, 5) is 43.2. The van der Waals surface area contributed by atoms with Gasteiger partial charge in [0.25, 0.3) is 5.91 Å². The average Bonchev–Trinajstić information content (AvgIpc) is 3.39. The molecule has 36 heavy (non-hydrogen) atoms. The lowest BCUT2D eigenvalue weighted by Gasteiger charge is -2.31. The number of amides is 4. The number of imide groups is 1. The van der Waals surface area contributed by atoms with Crippen LogP contribution in [0.3, 0.4) is 0 Å². The third-order valence-corrected chi connectivity index (χ3v) is 7.83. The van der Waals surface area contributed by atoms with Gasteiger partial charge in [-0.25, -0.2) is 4.79 Å². The van der Waals surface area contributed by atoms with Crippen LogP contribution in [0.5, 0.6) is 0 Å². The number of urea groups is 1. The van der Waals surface area contributed by atoms with E-state index in [4.69, 9.17) is 0 Å². The van der Waals surface area contributed by atoms with Crippen molar-refractivity contribution in [1.82, 2.24) is 30.5 Å². The first-order valence-electron chi connectivity index (χ1n) is 12.4. The molecule has 3 aromatic rings. The van der Waals surface area contributed by atoms with Crippen molar-refractivity contribution in [1.29, 1.82) is 0 Å². The number of aryl methyl sites for hydroxylation is 1. The molecule has 4 amide bonds. The second-order valence-corrected chi connectivity index (χ2v) is 10.0. The normalized spacial score (nSPS) is 21.5. The van der Waals surface area contributed by atoms with Gasteiger partial charge < -0.3 is 10.2 Å². The summed E-state index contributed by atoms with van der Waals surface area (Å²) < 4.78 is 0. The van der Waals surface area contributed by atoms with Crippen LogP contribution in [-0.4, -0.2) is 55.6 Å². The maximum atomic E-state index is 13.7. The van der Waals surface area contributed by atoms with Gasteiger partial charge in [0.2, 0.25) is 5.91 Å². The van der Waals surface area contributed by atoms with Crippen LogP contribution in [0.15, 0.2) is 54.7 Å². The highest BCUT2D eigenvalue weighted by atomic mass is 16.2. The molecule has 1 aliphatic heterocycles. The van der Waals surface area contributed by atoms with E-state index in [0.717, 1.165) is 45.7 Å². The summed E-state index contributed by atoms with van der Waals surface area (Å²) in [6, 6.07) is 15.1. The fourth-order valence-electron chi connectivity index (χ4n) is 5.59. The second-order valence-electron chi connectivity index (χ2n) is 10.0. The summed E-state index contributed by atoms with van der Waals surface area (Å²) >= 11 is 0. The van der Waals surface area contributed by atoms with Crippen molar-refractivity contribution < 1.29 is 14.4 Å². The zero-order valence-corrected chi connectivity index (χ0v) is 20.1. The molecule has 1 spiro atoms. The van der Waals surface area contributed by atoms with Crippen molar-refractivity contribution in [3.63, 3.8) is 0 Å². The van der Waals surface area contributed by atoms with Gasteiger partial charge in [0, 0.05) is 18.2 Å². The summed E-state index contributed by atoms with van der Waals surface area (Å²) in [5, 5.41) is 13.5. The maximum Gasteiger partial charge on any atom is 0.325 e. The van der Waals surface area contributed by atoms with E-state index >= 15 is 0 Å². The van der Waals surface area contributed by atoms with Gasteiger partial charge >= 0.3 is 6.03 Å². The molecule has 3 aliphatic rings. The molecule has 1 aromatic heterocycles. The lowest BCUT2D eigenvalue weighted by molar-refractivity contribution is -0.141. The van der Waals surface area contributed by atoms with Crippen LogP contribution >= 0.6 is 0 Å². The average molecular weight is 485 g/mol. The molecule has 2 fully saturated rings. The summed E-state index contributed by atoms with van der Waals surface area (Å²) in [5.74, 6) is -0.0985. The Morgan fingerprint density at radius 2 is 2.00 bits per heavy atom. The van der Waals surface area contributed by atoms with Gasteiger partial charge in [0.05, 0.1) is 6.20 Å². The zero-order chi connectivity index (χ0) is 24.9. The zero-order valence-electron chi connectivity index (χ0n) is 20.1. The van der Waals surface area contributed by atoms with Crippen LogP contribution < -0.4 is 5.32 Å². The summed E-state index contributed by atoms with van der Waals surface area (Å²) in [5.41, 5.74) is 3.30. The number of aromatic nitrogens is 3. The SMILES string of the molecule is CC(C1CC1)N(Cc1ccccc1)C(=O)CN1C(=O)NC2(CCc3cc(-c4cn[nH]n4)ccc32)C1=O. The van der Waals surface area contributed by atoms with Crippen molar-refractivity contribution in [3.8, 4) is 11.3 Å². The van der Waals surface area contributed by atoms with E-state index in [1.807, 2.05) is 53.4 Å². The summed E-state index contributed by atoms with van der Waals surface area (Å²) in [6.07, 6.45) is 4.95. The van der Waals surface area contributed by atoms with Gasteiger partial charge in [-0.2, -0.15) is 15.4 Å². The smallest absolute Gasteiger partial charge is 0.325 e. The number of nitrogens with zero attached hydrogens (tertiary/aromatic N) is 4. The molecule has 2 atom stereocenters. The molecular weight excluding hydrogens is 456 g/mol. The molecule has 2 N–H and O–H groups in total. The van der Waals surface area contributed by atoms with Crippen molar-refractivity contribution in [2.24, 2.45) is 5.92 Å². The minimum absolute atomic E-state index is 0.0505. The first kappa shape index (κ1) is 22.5. The number of H-pyrrole nitrogens is 1. The number of nitrogens with one attached hydrogen (secondary N) is 2. The minimum atomic E-state index is -1.12. The maximum absolute atomic E-state index is 13.7. The standard InChI is InChI=1S/C27H28N6O3/c1-17(19-7-8-19)32(15-18-5-3-2-4-6-18)24(34)16-33-25(35)27(29-26(33)36)12-11-20-13-21(9-10-22(20)27)23-14-28-31-30-23/h2-6,9-10,13-14,17,19H,7-8,11-12,15-16H2,1H3,(H,29,36)(H,28,30,31). The molecule has 0 radical (unpaired) electrons. The highest BCUT2D eigenvalue weighted by molar-refractivity contribution is 6.10. The number of hydrogen-bond acceptors (Lipinski definition) is 5. The molecule has 6 rings (SSSR count). The molecular formula is C27H28N6O3. The van der Waals surface area contributed by atoms with E-state index in [1.54, 1.807) is 6.20 Å². The number of carbonyl (C=O) groups is 3. The first-order chi connectivity index (χ1) is 17.5. The second kappa shape index (κ2) is 8.58. The van der Waals surface area contributed by atoms with E-state index < -0.39 is 11.6 Å². The number of hydrogen-bond donors (Lipinski definition) is 2. The van der Waals surface area contributed by atoms with Gasteiger partial charge in [-0.05, 0) is 61.3 Å². The van der Waals surface area contributed by atoms with Crippen LogP contribution in [-0.2, 0) is 28.1 Å². The third-order valence-electron chi connectivity index (χ3n) is 7.83. The topological polar surface area (TPSA) is 111 Å². The molecule has 2 aliphatic carbocycles. The van der Waals surface area contributed by atoms with Crippen molar-refractivity contribution in [2.45, 2.75) is 50.7 Å². The van der Waals surface area contributed by atoms with E-state index in [-0.39, 0.29) is 24.4 Å². The lowest BCUT2D eigenvalue weighted by atomic mass is 9.91. The number of benzene rings is 2. The number of aromatic amines is 1. The first-order valence-corrected chi connectivity index (χ1v) is 12.4. The largest absolute Gasteiger partial charge is 0.334 e. The Bertz CT molecular complexity index is 1320. The molecule has 2 heterocycles. The fraction of sp³-hybridized carbons (Fsp3) is 0.370. The fourth-order valence-corrected chi connectivity index (χ4v) is 5.59. The predicted octanol–water partition coefficient (Wildman–Crippen LogP) is 2.99. The highest BCUT2D eigenvalue weighted by Crippen LogP contribution is 2.43. The van der Waals surface area contributed by atoms with Gasteiger partial charge in [-0.1, -0.05) is 42.5 Å². The van der Waals surface area contributed by atoms with Crippen LogP contribution in [0.25, 0.3) is 11.3 Å². The van der Waals surface area contributed by atoms with E-state index in [9.17, 15) is 14.4 Å². The molecule has 9 nitrogen and oxygen atoms in total. The number of fused-ring (bicyclic) bond motifs is 2. The minimum Gasteiger partial charge on any atom is -0.334 e. The molecule has 0 bridgehead atoms. The predicted molar refractivity (Wildman–Crippen MR) is 131 cm³/mol. The Morgan fingerprint density at radius 1 is 1.19 bits per heavy atom. The van der Waals surface area contributed by atoms with Gasteiger partial charge in [-0.15, -0.1) is 0 Å². The Kier molecular flexibility index (Phi) is 5.35. The Labute approximate surface area is 208 Å². The summed E-state index contributed by atoms with van der Waals surface area (Å²) in [7, 11) is 0. The van der Waals surface area contributed by atoms with E-state index in [1.165, 1.54) is 0 Å². The quantitative estimate of drug-likeness (QED) is 0.501. The monoisotopic (exact) mass is 484 g/mol. The van der Waals surface area contributed by atoms with Crippen molar-refractivity contribution in [3.05, 3.63) is 71.4 Å². The number of carbonyl (C=O) groups excluding carboxylic acids is 3. The lowest BCUT2D eigenvalue weighted by Crippen LogP contribution is -2.47. The summed E-state index contributed by atoms with van der Waals surface area (Å²) in [6.45, 7) is 2.26. The molecule has 184 valence electrons. The van der Waals surface area contributed by atoms with Gasteiger partial charge in [-0.3, -0.25) is 14.5 Å². The van der Waals surface area contributed by atoms with Crippen LogP contribution in [0.2, 0.25) is 0 Å². The van der Waals surface area contributed by atoms with Crippen LogP contribution in [0.4, 0.5) is 4.79 Å². The highest BCUT2D eigenvalue weighted by Gasteiger charge is 2.56. The van der Waals surface area contributed by atoms with Crippen LogP contribution in [0, 0.1) is 5.92 Å². The third kappa shape index (κ3) is 3.75. The number of rotatable bonds is 7. The molecule has 1 saturated carbocycles. The van der Waals surface area contributed by atoms with Crippen molar-refractivity contribution in [2.75, 3.05) is 6.54 Å². The van der Waals surface area contributed by atoms with Gasteiger partial charge in [0.15, 0.2) is 0 Å². The molecule has 1 saturated heterocycles. The Balaban J connectivity index is 1.23.